The Balaban J connectivity index is 2.06. The van der Waals surface area contributed by atoms with Crippen molar-refractivity contribution >= 4 is 33.3 Å². The van der Waals surface area contributed by atoms with Crippen LogP contribution in [0.4, 0.5) is 0 Å². The van der Waals surface area contributed by atoms with Crippen molar-refractivity contribution in [3.8, 4) is 0 Å². The Hall–Kier alpha value is -0.850. The molecule has 2 heterocycles. The lowest BCUT2D eigenvalue weighted by Gasteiger charge is -2.09. The van der Waals surface area contributed by atoms with Crippen LogP contribution in [0.1, 0.15) is 12.7 Å². The molecule has 2 rings (SSSR count). The molecule has 2 N–H and O–H groups in total. The monoisotopic (exact) mass is 269 g/mol. The average molecular weight is 269 g/mol. The second-order valence-electron chi connectivity index (χ2n) is 3.82. The van der Waals surface area contributed by atoms with Gasteiger partial charge in [-0.15, -0.1) is 11.3 Å². The van der Waals surface area contributed by atoms with Crippen molar-refractivity contribution in [3.05, 3.63) is 27.6 Å². The molecule has 2 aromatic heterocycles. The predicted molar refractivity (Wildman–Crippen MR) is 74.9 cm³/mol. The van der Waals surface area contributed by atoms with Gasteiger partial charge in [0, 0.05) is 11.8 Å². The highest BCUT2D eigenvalue weighted by atomic mass is 32.2. The highest BCUT2D eigenvalue weighted by Crippen LogP contribution is 2.13. The molecule has 4 nitrogen and oxygen atoms in total. The van der Waals surface area contributed by atoms with Crippen LogP contribution in [0, 0.1) is 0 Å². The van der Waals surface area contributed by atoms with Crippen molar-refractivity contribution in [2.45, 2.75) is 18.7 Å². The number of aromatic amines is 1. The van der Waals surface area contributed by atoms with Crippen LogP contribution in [0.2, 0.25) is 0 Å². The maximum Gasteiger partial charge on any atom is 0.268 e. The standard InChI is InChI=1S/C11H15N3OS2/c1-7(16-2)5-12-6-9-13-8-3-4-17-10(8)11(15)14-9/h3-4,7,12H,5-6H2,1-2H3,(H,13,14,15). The van der Waals surface area contributed by atoms with E-state index in [1.807, 2.05) is 23.2 Å². The summed E-state index contributed by atoms with van der Waals surface area (Å²) >= 11 is 3.24. The average Bonchev–Trinajstić information content (AvgIpc) is 2.77. The molecule has 0 amide bonds. The number of fused-ring (bicyclic) bond motifs is 1. The second-order valence-corrected chi connectivity index (χ2v) is 6.02. The van der Waals surface area contributed by atoms with Gasteiger partial charge in [0.25, 0.3) is 5.56 Å². The molecule has 2 aromatic rings. The highest BCUT2D eigenvalue weighted by molar-refractivity contribution is 7.99. The smallest absolute Gasteiger partial charge is 0.268 e. The summed E-state index contributed by atoms with van der Waals surface area (Å²) in [6.07, 6.45) is 2.09. The molecular formula is C11H15N3OS2. The number of thiophene rings is 1. The molecule has 1 atom stereocenters. The molecule has 92 valence electrons. The first kappa shape index (κ1) is 12.6. The fraction of sp³-hybridized carbons (Fsp3) is 0.455. The first-order chi connectivity index (χ1) is 8.20. The molecule has 0 spiro atoms. The zero-order valence-electron chi connectivity index (χ0n) is 9.82. The lowest BCUT2D eigenvalue weighted by molar-refractivity contribution is 0.658. The Morgan fingerprint density at radius 1 is 1.65 bits per heavy atom. The summed E-state index contributed by atoms with van der Waals surface area (Å²) in [5.74, 6) is 0.703. The van der Waals surface area contributed by atoms with E-state index in [0.717, 1.165) is 12.1 Å². The number of aromatic nitrogens is 2. The van der Waals surface area contributed by atoms with Gasteiger partial charge in [-0.1, -0.05) is 6.92 Å². The number of nitrogens with one attached hydrogen (secondary N) is 2. The molecule has 0 aromatic carbocycles. The Kier molecular flexibility index (Phi) is 4.20. The molecule has 0 bridgehead atoms. The van der Waals surface area contributed by atoms with Crippen molar-refractivity contribution in [1.82, 2.24) is 15.3 Å². The Bertz CT molecular complexity index is 549. The molecule has 0 fully saturated rings. The number of H-pyrrole nitrogens is 1. The molecule has 0 aliphatic rings. The van der Waals surface area contributed by atoms with Crippen molar-refractivity contribution in [2.24, 2.45) is 0 Å². The number of hydrogen-bond donors (Lipinski definition) is 2. The lowest BCUT2D eigenvalue weighted by Crippen LogP contribution is -2.24. The van der Waals surface area contributed by atoms with Crippen molar-refractivity contribution < 1.29 is 0 Å². The van der Waals surface area contributed by atoms with Gasteiger partial charge in [0.15, 0.2) is 0 Å². The summed E-state index contributed by atoms with van der Waals surface area (Å²) in [5.41, 5.74) is 0.744. The van der Waals surface area contributed by atoms with Gasteiger partial charge < -0.3 is 10.3 Å². The zero-order valence-corrected chi connectivity index (χ0v) is 11.5. The van der Waals surface area contributed by atoms with Crippen LogP contribution in [0.15, 0.2) is 16.2 Å². The van der Waals surface area contributed by atoms with Gasteiger partial charge in [-0.25, -0.2) is 4.98 Å². The Morgan fingerprint density at radius 3 is 3.24 bits per heavy atom. The third kappa shape index (κ3) is 3.08. The van der Waals surface area contributed by atoms with Crippen LogP contribution < -0.4 is 10.9 Å². The molecule has 0 aliphatic carbocycles. The Morgan fingerprint density at radius 2 is 2.47 bits per heavy atom. The summed E-state index contributed by atoms with van der Waals surface area (Å²) in [5, 5.41) is 5.74. The minimum absolute atomic E-state index is 0.0419. The van der Waals surface area contributed by atoms with E-state index in [0.29, 0.717) is 22.3 Å². The van der Waals surface area contributed by atoms with Crippen LogP contribution in [0.3, 0.4) is 0 Å². The van der Waals surface area contributed by atoms with Crippen molar-refractivity contribution in [3.63, 3.8) is 0 Å². The Labute approximate surface area is 108 Å². The first-order valence-electron chi connectivity index (χ1n) is 5.40. The zero-order chi connectivity index (χ0) is 12.3. The summed E-state index contributed by atoms with van der Waals surface area (Å²) < 4.78 is 0.700. The van der Waals surface area contributed by atoms with E-state index in [1.165, 1.54) is 11.3 Å². The number of hydrogen-bond acceptors (Lipinski definition) is 5. The lowest BCUT2D eigenvalue weighted by atomic mass is 10.4. The van der Waals surface area contributed by atoms with Gasteiger partial charge in [0.05, 0.1) is 12.1 Å². The summed E-state index contributed by atoms with van der Waals surface area (Å²) in [6.45, 7) is 3.67. The number of thioether (sulfide) groups is 1. The van der Waals surface area contributed by atoms with Crippen molar-refractivity contribution in [2.75, 3.05) is 12.8 Å². The SMILES string of the molecule is CSC(C)CNCc1nc2ccsc2c(=O)[nH]1. The molecule has 1 unspecified atom stereocenters. The normalized spacial score (nSPS) is 13.1. The maximum atomic E-state index is 11.7. The van der Waals surface area contributed by atoms with Crippen LogP contribution in [0.25, 0.3) is 10.2 Å². The molecule has 0 radical (unpaired) electrons. The minimum Gasteiger partial charge on any atom is -0.309 e. The molecule has 0 saturated carbocycles. The molecule has 0 aliphatic heterocycles. The molecule has 0 saturated heterocycles. The second kappa shape index (κ2) is 5.66. The first-order valence-corrected chi connectivity index (χ1v) is 7.57. The van der Waals surface area contributed by atoms with Gasteiger partial charge in [-0.3, -0.25) is 4.79 Å². The van der Waals surface area contributed by atoms with Crippen LogP contribution in [-0.2, 0) is 6.54 Å². The van der Waals surface area contributed by atoms with E-state index in [-0.39, 0.29) is 5.56 Å². The number of rotatable bonds is 5. The van der Waals surface area contributed by atoms with Crippen LogP contribution in [-0.4, -0.2) is 28.0 Å². The van der Waals surface area contributed by atoms with Crippen LogP contribution in [0.5, 0.6) is 0 Å². The van der Waals surface area contributed by atoms with Gasteiger partial charge in [-0.2, -0.15) is 11.8 Å². The molecule has 6 heteroatoms. The largest absolute Gasteiger partial charge is 0.309 e. The number of nitrogens with zero attached hydrogens (tertiary/aromatic N) is 1. The molecule has 17 heavy (non-hydrogen) atoms. The van der Waals surface area contributed by atoms with E-state index >= 15 is 0 Å². The maximum absolute atomic E-state index is 11.7. The van der Waals surface area contributed by atoms with Crippen LogP contribution >= 0.6 is 23.1 Å². The summed E-state index contributed by atoms with van der Waals surface area (Å²) in [6, 6.07) is 1.88. The molecular weight excluding hydrogens is 254 g/mol. The van der Waals surface area contributed by atoms with E-state index in [2.05, 4.69) is 28.5 Å². The van der Waals surface area contributed by atoms with E-state index < -0.39 is 0 Å². The topological polar surface area (TPSA) is 57.8 Å². The minimum atomic E-state index is -0.0419. The summed E-state index contributed by atoms with van der Waals surface area (Å²) in [7, 11) is 0. The quantitative estimate of drug-likeness (QED) is 0.869. The predicted octanol–water partition coefficient (Wildman–Crippen LogP) is 1.83. The fourth-order valence-corrected chi connectivity index (χ4v) is 2.49. The highest BCUT2D eigenvalue weighted by Gasteiger charge is 2.05. The van der Waals surface area contributed by atoms with Crippen molar-refractivity contribution in [1.29, 1.82) is 0 Å². The summed E-state index contributed by atoms with van der Waals surface area (Å²) in [4.78, 5) is 18.9. The van der Waals surface area contributed by atoms with E-state index in [4.69, 9.17) is 0 Å². The van der Waals surface area contributed by atoms with Gasteiger partial charge in [0.1, 0.15) is 10.5 Å². The van der Waals surface area contributed by atoms with E-state index in [1.54, 1.807) is 0 Å². The van der Waals surface area contributed by atoms with E-state index in [9.17, 15) is 4.79 Å². The third-order valence-electron chi connectivity index (χ3n) is 2.49. The van der Waals surface area contributed by atoms with Gasteiger partial charge in [-0.05, 0) is 17.7 Å². The third-order valence-corrected chi connectivity index (χ3v) is 4.36. The van der Waals surface area contributed by atoms with Gasteiger partial charge >= 0.3 is 0 Å². The van der Waals surface area contributed by atoms with Gasteiger partial charge in [0.2, 0.25) is 0 Å². The fourth-order valence-electron chi connectivity index (χ4n) is 1.48.